The molecule has 0 radical (unpaired) electrons. The summed E-state index contributed by atoms with van der Waals surface area (Å²) in [6, 6.07) is -0.466. The van der Waals surface area contributed by atoms with Crippen LogP contribution in [0.25, 0.3) is 0 Å². The molecule has 2 N–H and O–H groups in total. The van der Waals surface area contributed by atoms with Gasteiger partial charge in [-0.2, -0.15) is 0 Å². The fourth-order valence-corrected chi connectivity index (χ4v) is 1.63. The summed E-state index contributed by atoms with van der Waals surface area (Å²) < 4.78 is 24.6. The molecule has 0 bridgehead atoms. The van der Waals surface area contributed by atoms with E-state index in [4.69, 9.17) is 5.11 Å². The van der Waals surface area contributed by atoms with E-state index < -0.39 is 27.3 Å². The summed E-state index contributed by atoms with van der Waals surface area (Å²) in [5.41, 5.74) is 0. The second kappa shape index (κ2) is 4.38. The van der Waals surface area contributed by atoms with Crippen molar-refractivity contribution < 1.29 is 18.3 Å². The van der Waals surface area contributed by atoms with Crippen molar-refractivity contribution in [1.29, 1.82) is 0 Å². The summed E-state index contributed by atoms with van der Waals surface area (Å²) >= 11 is 0. The fourth-order valence-electron chi connectivity index (χ4n) is 0.542. The summed E-state index contributed by atoms with van der Waals surface area (Å²) in [4.78, 5) is 10.4. The Morgan fingerprint density at radius 2 is 2.00 bits per heavy atom. The molecule has 5 nitrogen and oxygen atoms in total. The van der Waals surface area contributed by atoms with Gasteiger partial charge in [0, 0.05) is 6.04 Å². The third-order valence-electron chi connectivity index (χ3n) is 1.52. The van der Waals surface area contributed by atoms with Crippen LogP contribution in [0.1, 0.15) is 13.8 Å². The number of carboxylic acid groups (broad SMARTS) is 1. The molecular weight excluding hydrogens is 194 g/mol. The van der Waals surface area contributed by atoms with Gasteiger partial charge in [-0.05, 0) is 13.8 Å². The molecule has 13 heavy (non-hydrogen) atoms. The molecule has 0 aliphatic rings. The maximum absolute atomic E-state index is 11.2. The number of aliphatic carboxylic acids is 1. The molecule has 2 atom stereocenters. The van der Waals surface area contributed by atoms with Crippen LogP contribution in [-0.2, 0) is 14.8 Å². The van der Waals surface area contributed by atoms with E-state index in [2.05, 4.69) is 11.3 Å². The van der Waals surface area contributed by atoms with Crippen LogP contribution in [0.4, 0.5) is 0 Å². The third-order valence-corrected chi connectivity index (χ3v) is 3.35. The van der Waals surface area contributed by atoms with E-state index >= 15 is 0 Å². The van der Waals surface area contributed by atoms with E-state index in [9.17, 15) is 13.2 Å². The van der Waals surface area contributed by atoms with E-state index in [1.54, 1.807) is 6.92 Å². The first-order valence-corrected chi connectivity index (χ1v) is 5.22. The minimum absolute atomic E-state index is 0.466. The molecule has 0 saturated heterocycles. The van der Waals surface area contributed by atoms with E-state index in [1.165, 1.54) is 6.08 Å². The lowest BCUT2D eigenvalue weighted by molar-refractivity contribution is -0.136. The summed E-state index contributed by atoms with van der Waals surface area (Å²) in [6.45, 7) is 6.05. The van der Waals surface area contributed by atoms with Gasteiger partial charge < -0.3 is 5.11 Å². The predicted molar refractivity (Wildman–Crippen MR) is 48.8 cm³/mol. The highest BCUT2D eigenvalue weighted by Crippen LogP contribution is 2.00. The number of hydrogen-bond donors (Lipinski definition) is 2. The maximum atomic E-state index is 11.2. The van der Waals surface area contributed by atoms with Gasteiger partial charge in [0.05, 0.1) is 0 Å². The number of nitrogens with one attached hydrogen (secondary N) is 1. The van der Waals surface area contributed by atoms with Gasteiger partial charge in [0.2, 0.25) is 10.0 Å². The maximum Gasteiger partial charge on any atom is 0.323 e. The third kappa shape index (κ3) is 3.56. The van der Waals surface area contributed by atoms with Crippen LogP contribution in [0.5, 0.6) is 0 Å². The second-order valence-corrected chi connectivity index (χ2v) is 4.70. The second-order valence-electron chi connectivity index (χ2n) is 2.67. The Balaban J connectivity index is 4.59. The van der Waals surface area contributed by atoms with Gasteiger partial charge in [0.15, 0.2) is 5.25 Å². The van der Waals surface area contributed by atoms with Crippen molar-refractivity contribution in [2.75, 3.05) is 0 Å². The zero-order valence-electron chi connectivity index (χ0n) is 7.52. The topological polar surface area (TPSA) is 83.5 Å². The van der Waals surface area contributed by atoms with Crippen molar-refractivity contribution in [1.82, 2.24) is 4.72 Å². The highest BCUT2D eigenvalue weighted by molar-refractivity contribution is 7.90. The van der Waals surface area contributed by atoms with Gasteiger partial charge >= 0.3 is 5.97 Å². The molecule has 0 fully saturated rings. The minimum Gasteiger partial charge on any atom is -0.480 e. The number of rotatable bonds is 5. The molecule has 0 aliphatic heterocycles. The van der Waals surface area contributed by atoms with Crippen LogP contribution >= 0.6 is 0 Å². The molecule has 0 rings (SSSR count). The van der Waals surface area contributed by atoms with Crippen molar-refractivity contribution in [3.63, 3.8) is 0 Å². The van der Waals surface area contributed by atoms with Crippen molar-refractivity contribution in [2.45, 2.75) is 25.1 Å². The van der Waals surface area contributed by atoms with Crippen molar-refractivity contribution in [2.24, 2.45) is 0 Å². The summed E-state index contributed by atoms with van der Waals surface area (Å²) in [5.74, 6) is -1.37. The molecule has 0 aromatic carbocycles. The van der Waals surface area contributed by atoms with Crippen molar-refractivity contribution in [3.05, 3.63) is 12.7 Å². The minimum atomic E-state index is -3.79. The van der Waals surface area contributed by atoms with Gasteiger partial charge in [0.1, 0.15) is 0 Å². The molecule has 76 valence electrons. The molecule has 6 heteroatoms. The molecule has 0 aromatic rings. The molecule has 0 spiro atoms. The molecule has 0 aliphatic carbocycles. The highest BCUT2D eigenvalue weighted by atomic mass is 32.2. The zero-order valence-corrected chi connectivity index (χ0v) is 8.34. The lowest BCUT2D eigenvalue weighted by Gasteiger charge is -2.12. The van der Waals surface area contributed by atoms with Crippen molar-refractivity contribution >= 4 is 16.0 Å². The number of carbonyl (C=O) groups is 1. The average Bonchev–Trinajstić information content (AvgIpc) is 2.01. The van der Waals surface area contributed by atoms with E-state index in [1.807, 2.05) is 0 Å². The lowest BCUT2D eigenvalue weighted by atomic mass is 10.4. The van der Waals surface area contributed by atoms with E-state index in [-0.39, 0.29) is 0 Å². The van der Waals surface area contributed by atoms with Gasteiger partial charge in [-0.3, -0.25) is 4.79 Å². The quantitative estimate of drug-likeness (QED) is 0.619. The van der Waals surface area contributed by atoms with Gasteiger partial charge in [-0.15, -0.1) is 6.58 Å². The Morgan fingerprint density at radius 1 is 1.54 bits per heavy atom. The molecule has 0 amide bonds. The predicted octanol–water partition coefficient (Wildman–Crippen LogP) is -0.0466. The Bertz CT molecular complexity index is 296. The first kappa shape index (κ1) is 12.1. The van der Waals surface area contributed by atoms with Gasteiger partial charge in [0.25, 0.3) is 0 Å². The number of hydrogen-bond acceptors (Lipinski definition) is 3. The fraction of sp³-hybridized carbons (Fsp3) is 0.571. The largest absolute Gasteiger partial charge is 0.480 e. The zero-order chi connectivity index (χ0) is 10.6. The van der Waals surface area contributed by atoms with E-state index in [0.29, 0.717) is 0 Å². The lowest BCUT2D eigenvalue weighted by Crippen LogP contribution is -2.41. The molecule has 2 unspecified atom stereocenters. The first-order valence-electron chi connectivity index (χ1n) is 3.67. The SMILES string of the molecule is C=CC(C)NS(=O)(=O)C(C)C(=O)O. The van der Waals surface area contributed by atoms with Crippen LogP contribution in [0, 0.1) is 0 Å². The standard InChI is InChI=1S/C7H13NO4S/c1-4-5(2)8-13(11,12)6(3)7(9)10/h4-6,8H,1H2,2-3H3,(H,9,10). The first-order chi connectivity index (χ1) is 5.81. The average molecular weight is 207 g/mol. The Morgan fingerprint density at radius 3 is 2.31 bits per heavy atom. The normalized spacial score (nSPS) is 16.2. The Labute approximate surface area is 77.5 Å². The van der Waals surface area contributed by atoms with E-state index in [0.717, 1.165) is 6.92 Å². The van der Waals surface area contributed by atoms with Crippen LogP contribution in [-0.4, -0.2) is 30.8 Å². The molecule has 0 saturated carbocycles. The van der Waals surface area contributed by atoms with Crippen LogP contribution in [0.2, 0.25) is 0 Å². The van der Waals surface area contributed by atoms with Gasteiger partial charge in [-0.25, -0.2) is 13.1 Å². The summed E-state index contributed by atoms with van der Waals surface area (Å²) in [5, 5.41) is 7.01. The van der Waals surface area contributed by atoms with Crippen LogP contribution < -0.4 is 4.72 Å². The summed E-state index contributed by atoms with van der Waals surface area (Å²) in [6.07, 6.45) is 1.38. The Kier molecular flexibility index (Phi) is 4.09. The number of carboxylic acids is 1. The molecular formula is C7H13NO4S. The van der Waals surface area contributed by atoms with Gasteiger partial charge in [-0.1, -0.05) is 6.08 Å². The Hall–Kier alpha value is -0.880. The van der Waals surface area contributed by atoms with Crippen molar-refractivity contribution in [3.8, 4) is 0 Å². The highest BCUT2D eigenvalue weighted by Gasteiger charge is 2.27. The molecule has 0 aromatic heterocycles. The van der Waals surface area contributed by atoms with Crippen LogP contribution in [0.15, 0.2) is 12.7 Å². The molecule has 0 heterocycles. The van der Waals surface area contributed by atoms with Crippen LogP contribution in [0.3, 0.4) is 0 Å². The summed E-state index contributed by atoms with van der Waals surface area (Å²) in [7, 11) is -3.79. The number of sulfonamides is 1. The smallest absolute Gasteiger partial charge is 0.323 e. The monoisotopic (exact) mass is 207 g/mol.